The van der Waals surface area contributed by atoms with Gasteiger partial charge in [0.1, 0.15) is 12.0 Å². The third-order valence-electron chi connectivity index (χ3n) is 2.20. The van der Waals surface area contributed by atoms with Crippen molar-refractivity contribution >= 4 is 5.97 Å². The molecule has 0 N–H and O–H groups in total. The van der Waals surface area contributed by atoms with Crippen molar-refractivity contribution < 1.29 is 9.53 Å². The molecule has 1 aromatic rings. The molecule has 4 heteroatoms. The van der Waals surface area contributed by atoms with E-state index in [-0.39, 0.29) is 6.10 Å². The Morgan fingerprint density at radius 3 is 3.07 bits per heavy atom. The average molecular weight is 188 g/mol. The fourth-order valence-electron chi connectivity index (χ4n) is 1.46. The summed E-state index contributed by atoms with van der Waals surface area (Å²) in [5.41, 5.74) is 0.846. The first-order chi connectivity index (χ1) is 6.81. The minimum absolute atomic E-state index is 0.305. The van der Waals surface area contributed by atoms with Crippen LogP contribution in [0, 0.1) is 17.2 Å². The summed E-state index contributed by atoms with van der Waals surface area (Å²) in [6.07, 6.45) is 3.43. The van der Waals surface area contributed by atoms with Gasteiger partial charge < -0.3 is 4.74 Å². The molecule has 0 spiro atoms. The molecular formula is C10H8N2O2. The lowest BCUT2D eigenvalue weighted by molar-refractivity contribution is -0.143. The molecule has 1 aliphatic heterocycles. The Morgan fingerprint density at radius 2 is 2.50 bits per heavy atom. The number of aromatic nitrogens is 1. The molecule has 2 rings (SSSR count). The molecule has 1 fully saturated rings. The van der Waals surface area contributed by atoms with Gasteiger partial charge in [-0.2, -0.15) is 5.26 Å². The number of nitrogens with zero attached hydrogens (tertiary/aromatic N) is 2. The lowest BCUT2D eigenvalue weighted by atomic mass is 10.0. The maximum absolute atomic E-state index is 11.1. The molecule has 0 radical (unpaired) electrons. The van der Waals surface area contributed by atoms with Crippen LogP contribution in [0.25, 0.3) is 0 Å². The second-order valence-electron chi connectivity index (χ2n) is 3.13. The summed E-state index contributed by atoms with van der Waals surface area (Å²) < 4.78 is 5.05. The van der Waals surface area contributed by atoms with E-state index in [0.717, 1.165) is 5.56 Å². The molecule has 1 aliphatic rings. The molecule has 0 amide bonds. The number of pyridine rings is 1. The number of cyclic esters (lactones) is 1. The lowest BCUT2D eigenvalue weighted by Gasteiger charge is -2.07. The molecule has 2 atom stereocenters. The highest BCUT2D eigenvalue weighted by atomic mass is 16.5. The van der Waals surface area contributed by atoms with Crippen molar-refractivity contribution in [1.29, 1.82) is 5.26 Å². The number of rotatable bonds is 1. The summed E-state index contributed by atoms with van der Waals surface area (Å²) >= 11 is 0. The van der Waals surface area contributed by atoms with Crippen molar-refractivity contribution in [2.45, 2.75) is 12.5 Å². The highest BCUT2D eigenvalue weighted by Crippen LogP contribution is 2.32. The van der Waals surface area contributed by atoms with Gasteiger partial charge >= 0.3 is 5.97 Å². The third-order valence-corrected chi connectivity index (χ3v) is 2.20. The van der Waals surface area contributed by atoms with Gasteiger partial charge in [-0.15, -0.1) is 0 Å². The molecule has 2 heterocycles. The van der Waals surface area contributed by atoms with Gasteiger partial charge in [-0.3, -0.25) is 9.78 Å². The van der Waals surface area contributed by atoms with E-state index >= 15 is 0 Å². The maximum atomic E-state index is 11.1. The van der Waals surface area contributed by atoms with Crippen molar-refractivity contribution in [3.63, 3.8) is 0 Å². The summed E-state index contributed by atoms with van der Waals surface area (Å²) in [4.78, 5) is 15.1. The van der Waals surface area contributed by atoms with Crippen molar-refractivity contribution in [3.8, 4) is 6.07 Å². The van der Waals surface area contributed by atoms with E-state index in [9.17, 15) is 4.79 Å². The highest BCUT2D eigenvalue weighted by Gasteiger charge is 2.35. The van der Waals surface area contributed by atoms with E-state index in [2.05, 4.69) is 4.98 Å². The van der Waals surface area contributed by atoms with Gasteiger partial charge in [0.25, 0.3) is 0 Å². The molecule has 2 unspecified atom stereocenters. The van der Waals surface area contributed by atoms with Crippen LogP contribution in [-0.4, -0.2) is 11.0 Å². The quantitative estimate of drug-likeness (QED) is 0.621. The summed E-state index contributed by atoms with van der Waals surface area (Å²) in [6, 6.07) is 5.54. The molecule has 1 saturated heterocycles. The van der Waals surface area contributed by atoms with E-state index in [0.29, 0.717) is 6.42 Å². The van der Waals surface area contributed by atoms with Crippen molar-refractivity contribution in [2.24, 2.45) is 5.92 Å². The molecule has 0 saturated carbocycles. The molecular weight excluding hydrogens is 180 g/mol. The molecule has 0 aliphatic carbocycles. The van der Waals surface area contributed by atoms with Gasteiger partial charge in [0, 0.05) is 24.4 Å². The number of carbonyl (C=O) groups is 1. The van der Waals surface area contributed by atoms with Gasteiger partial charge in [0.15, 0.2) is 0 Å². The van der Waals surface area contributed by atoms with Crippen LogP contribution in [-0.2, 0) is 9.53 Å². The molecule has 4 nitrogen and oxygen atoms in total. The molecule has 1 aromatic heterocycles. The first-order valence-electron chi connectivity index (χ1n) is 4.31. The van der Waals surface area contributed by atoms with Gasteiger partial charge in [-0.05, 0) is 6.07 Å². The van der Waals surface area contributed by atoms with E-state index < -0.39 is 11.9 Å². The first-order valence-corrected chi connectivity index (χ1v) is 4.31. The van der Waals surface area contributed by atoms with Crippen molar-refractivity contribution in [1.82, 2.24) is 4.98 Å². The number of nitriles is 1. The second kappa shape index (κ2) is 3.46. The summed E-state index contributed by atoms with van der Waals surface area (Å²) in [5.74, 6) is -1.05. The lowest BCUT2D eigenvalue weighted by Crippen LogP contribution is -2.03. The standard InChI is InChI=1S/C10H8N2O2/c11-5-8-4-9(14-10(8)13)7-2-1-3-12-6-7/h1-3,6,8-9H,4H2. The zero-order valence-electron chi connectivity index (χ0n) is 7.38. The summed E-state index contributed by atoms with van der Waals surface area (Å²) in [7, 11) is 0. The van der Waals surface area contributed by atoms with E-state index in [4.69, 9.17) is 10.00 Å². The highest BCUT2D eigenvalue weighted by molar-refractivity contribution is 5.77. The van der Waals surface area contributed by atoms with Crippen LogP contribution in [0.2, 0.25) is 0 Å². The zero-order chi connectivity index (χ0) is 9.97. The number of ether oxygens (including phenoxy) is 1. The van der Waals surface area contributed by atoms with Crippen molar-refractivity contribution in [2.75, 3.05) is 0 Å². The Labute approximate surface area is 81.1 Å². The van der Waals surface area contributed by atoms with Crippen LogP contribution in [0.5, 0.6) is 0 Å². The Bertz CT molecular complexity index is 383. The smallest absolute Gasteiger partial charge is 0.324 e. The maximum Gasteiger partial charge on any atom is 0.324 e. The summed E-state index contributed by atoms with van der Waals surface area (Å²) in [6.45, 7) is 0. The van der Waals surface area contributed by atoms with Crippen LogP contribution in [0.4, 0.5) is 0 Å². The number of hydrogen-bond acceptors (Lipinski definition) is 4. The summed E-state index contributed by atoms with van der Waals surface area (Å²) in [5, 5.41) is 8.63. The molecule has 70 valence electrons. The SMILES string of the molecule is N#CC1CC(c2cccnc2)OC1=O. The topological polar surface area (TPSA) is 63.0 Å². The average Bonchev–Trinajstić information content (AvgIpc) is 2.61. The zero-order valence-corrected chi connectivity index (χ0v) is 7.38. The Morgan fingerprint density at radius 1 is 1.64 bits per heavy atom. The van der Waals surface area contributed by atoms with Crippen molar-refractivity contribution in [3.05, 3.63) is 30.1 Å². The van der Waals surface area contributed by atoms with Crippen LogP contribution in [0.3, 0.4) is 0 Å². The molecule has 14 heavy (non-hydrogen) atoms. The number of hydrogen-bond donors (Lipinski definition) is 0. The van der Waals surface area contributed by atoms with Gasteiger partial charge in [-0.25, -0.2) is 0 Å². The largest absolute Gasteiger partial charge is 0.456 e. The fraction of sp³-hybridized carbons (Fsp3) is 0.300. The number of esters is 1. The normalized spacial score (nSPS) is 25.5. The predicted octanol–water partition coefficient (Wildman–Crippen LogP) is 1.21. The van der Waals surface area contributed by atoms with E-state index in [1.165, 1.54) is 0 Å². The molecule has 0 bridgehead atoms. The fourth-order valence-corrected chi connectivity index (χ4v) is 1.46. The van der Waals surface area contributed by atoms with Gasteiger partial charge in [0.2, 0.25) is 0 Å². The van der Waals surface area contributed by atoms with Crippen LogP contribution in [0.15, 0.2) is 24.5 Å². The van der Waals surface area contributed by atoms with Crippen LogP contribution in [0.1, 0.15) is 18.1 Å². The minimum Gasteiger partial charge on any atom is -0.456 e. The molecule has 0 aromatic carbocycles. The van der Waals surface area contributed by atoms with Gasteiger partial charge in [0.05, 0.1) is 6.07 Å². The monoisotopic (exact) mass is 188 g/mol. The van der Waals surface area contributed by atoms with E-state index in [1.807, 2.05) is 12.1 Å². The Hall–Kier alpha value is -1.89. The third kappa shape index (κ3) is 1.44. The predicted molar refractivity (Wildman–Crippen MR) is 46.8 cm³/mol. The van der Waals surface area contributed by atoms with Crippen LogP contribution >= 0.6 is 0 Å². The minimum atomic E-state index is -0.625. The van der Waals surface area contributed by atoms with Crippen LogP contribution < -0.4 is 0 Å². The number of carbonyl (C=O) groups excluding carboxylic acids is 1. The van der Waals surface area contributed by atoms with E-state index in [1.54, 1.807) is 18.5 Å². The Kier molecular flexibility index (Phi) is 2.15. The van der Waals surface area contributed by atoms with Gasteiger partial charge in [-0.1, -0.05) is 6.07 Å². The Balaban J connectivity index is 2.18. The first kappa shape index (κ1) is 8.70. The second-order valence-corrected chi connectivity index (χ2v) is 3.13.